The van der Waals surface area contributed by atoms with Crippen molar-refractivity contribution in [3.63, 3.8) is 0 Å². The summed E-state index contributed by atoms with van der Waals surface area (Å²) < 4.78 is 5.60. The van der Waals surface area contributed by atoms with Crippen LogP contribution in [-0.4, -0.2) is 7.11 Å². The van der Waals surface area contributed by atoms with Gasteiger partial charge in [0.15, 0.2) is 0 Å². The lowest BCUT2D eigenvalue weighted by Crippen LogP contribution is -3.00. The van der Waals surface area contributed by atoms with Crippen molar-refractivity contribution in [3.8, 4) is 0 Å². The lowest BCUT2D eigenvalue weighted by Gasteiger charge is -2.29. The molecule has 4 rings (SSSR count). The van der Waals surface area contributed by atoms with Gasteiger partial charge in [0.05, 0.1) is 12.8 Å². The number of rotatable bonds is 7. The average molecular weight is 433 g/mol. The van der Waals surface area contributed by atoms with Gasteiger partial charge in [0.1, 0.15) is 23.2 Å². The molecule has 0 radical (unpaired) electrons. The Bertz CT molecular complexity index is 996. The third-order valence-corrected chi connectivity index (χ3v) is 9.82. The van der Waals surface area contributed by atoms with Crippen molar-refractivity contribution in [2.75, 3.05) is 7.11 Å². The van der Waals surface area contributed by atoms with Gasteiger partial charge in [0, 0.05) is 12.7 Å². The van der Waals surface area contributed by atoms with Crippen LogP contribution in [0.25, 0.3) is 0 Å². The van der Waals surface area contributed by atoms with Crippen LogP contribution in [0.4, 0.5) is 0 Å². The second kappa shape index (κ2) is 10.5. The Balaban J connectivity index is 0.00000256. The molecule has 4 aromatic rings. The van der Waals surface area contributed by atoms with Gasteiger partial charge in [-0.1, -0.05) is 84.9 Å². The molecule has 0 saturated heterocycles. The van der Waals surface area contributed by atoms with Crippen molar-refractivity contribution in [2.45, 2.75) is 12.8 Å². The summed E-state index contributed by atoms with van der Waals surface area (Å²) in [5.41, 5.74) is 2.63. The second-order valence-electron chi connectivity index (χ2n) is 7.19. The number of ether oxygens (including phenoxy) is 1. The first-order valence-corrected chi connectivity index (χ1v) is 11.9. The molecule has 1 nitrogen and oxygen atoms in total. The fourth-order valence-electron chi connectivity index (χ4n) is 4.08. The Labute approximate surface area is 186 Å². The molecular formula is C27H26ClOP. The van der Waals surface area contributed by atoms with E-state index >= 15 is 0 Å². The number of halogens is 1. The molecule has 0 aliphatic heterocycles. The van der Waals surface area contributed by atoms with E-state index < -0.39 is 7.26 Å². The van der Waals surface area contributed by atoms with E-state index in [1.165, 1.54) is 27.0 Å². The monoisotopic (exact) mass is 432 g/mol. The summed E-state index contributed by atoms with van der Waals surface area (Å²) in [6.07, 6.45) is 0.989. The smallest absolute Gasteiger partial charge is 0.116 e. The summed E-state index contributed by atoms with van der Waals surface area (Å²) in [6, 6.07) is 41.7. The zero-order valence-corrected chi connectivity index (χ0v) is 18.8. The molecule has 0 amide bonds. The van der Waals surface area contributed by atoms with Crippen molar-refractivity contribution in [3.05, 3.63) is 126 Å². The zero-order chi connectivity index (χ0) is 19.9. The number of hydrogen-bond donors (Lipinski definition) is 0. The molecular weight excluding hydrogens is 407 g/mol. The van der Waals surface area contributed by atoms with E-state index in [0.717, 1.165) is 6.16 Å². The molecule has 4 aromatic carbocycles. The third kappa shape index (κ3) is 4.50. The quantitative estimate of drug-likeness (QED) is 0.407. The van der Waals surface area contributed by atoms with Crippen LogP contribution in [0.15, 0.2) is 115 Å². The lowest BCUT2D eigenvalue weighted by atomic mass is 10.2. The lowest BCUT2D eigenvalue weighted by molar-refractivity contribution is -0.00000594. The van der Waals surface area contributed by atoms with E-state index in [1.54, 1.807) is 7.11 Å². The minimum Gasteiger partial charge on any atom is -1.00 e. The average Bonchev–Trinajstić information content (AvgIpc) is 2.80. The van der Waals surface area contributed by atoms with Gasteiger partial charge in [0.25, 0.3) is 0 Å². The van der Waals surface area contributed by atoms with Gasteiger partial charge in [0.2, 0.25) is 0 Å². The Kier molecular flexibility index (Phi) is 7.82. The molecule has 0 aliphatic rings. The highest BCUT2D eigenvalue weighted by Gasteiger charge is 2.46. The van der Waals surface area contributed by atoms with Crippen LogP contribution in [0.2, 0.25) is 0 Å². The normalized spacial score (nSPS) is 11.0. The molecule has 0 N–H and O–H groups in total. The first-order valence-electron chi connectivity index (χ1n) is 9.95. The maximum Gasteiger partial charge on any atom is 0.116 e. The van der Waals surface area contributed by atoms with Gasteiger partial charge in [-0.15, -0.1) is 0 Å². The summed E-state index contributed by atoms with van der Waals surface area (Å²) in [6.45, 7) is 0.617. The van der Waals surface area contributed by atoms with Crippen LogP contribution in [-0.2, 0) is 17.5 Å². The molecule has 0 unspecified atom stereocenters. The molecule has 3 heteroatoms. The Morgan fingerprint density at radius 1 is 0.600 bits per heavy atom. The first kappa shape index (κ1) is 22.2. The minimum absolute atomic E-state index is 0. The molecule has 0 aromatic heterocycles. The molecule has 0 heterocycles. The standard InChI is InChI=1S/C27H26OP.ClH/c1-28-21-24-15-11-12-20-27(24)29(25-16-7-3-8-17-25,26-18-9-4-10-19-26)22-23-13-5-2-6-14-23;/h2-20H,21-22H2,1H3;1H/q+1;/p-1. The van der Waals surface area contributed by atoms with Crippen molar-refractivity contribution in [1.82, 2.24) is 0 Å². The van der Waals surface area contributed by atoms with Gasteiger partial charge >= 0.3 is 0 Å². The molecule has 0 bridgehead atoms. The van der Waals surface area contributed by atoms with Crippen LogP contribution in [0, 0.1) is 0 Å². The van der Waals surface area contributed by atoms with Crippen LogP contribution < -0.4 is 28.3 Å². The maximum absolute atomic E-state index is 5.60. The fraction of sp³-hybridized carbons (Fsp3) is 0.111. The minimum atomic E-state index is -1.92. The van der Waals surface area contributed by atoms with Crippen molar-refractivity contribution >= 4 is 23.2 Å². The van der Waals surface area contributed by atoms with E-state index in [4.69, 9.17) is 4.74 Å². The van der Waals surface area contributed by atoms with Crippen LogP contribution in [0.5, 0.6) is 0 Å². The predicted octanol–water partition coefficient (Wildman–Crippen LogP) is 2.33. The van der Waals surface area contributed by atoms with Gasteiger partial charge in [-0.2, -0.15) is 0 Å². The van der Waals surface area contributed by atoms with Gasteiger partial charge < -0.3 is 17.1 Å². The molecule has 0 fully saturated rings. The summed E-state index contributed by atoms with van der Waals surface area (Å²) in [4.78, 5) is 0. The Morgan fingerprint density at radius 3 is 1.60 bits per heavy atom. The predicted molar refractivity (Wildman–Crippen MR) is 126 cm³/mol. The molecule has 0 saturated carbocycles. The van der Waals surface area contributed by atoms with E-state index in [0.29, 0.717) is 6.61 Å². The van der Waals surface area contributed by atoms with Gasteiger partial charge in [-0.05, 0) is 35.9 Å². The van der Waals surface area contributed by atoms with Crippen LogP contribution >= 0.6 is 7.26 Å². The Hall–Kier alpha value is -2.44. The third-order valence-electron chi connectivity index (χ3n) is 5.36. The van der Waals surface area contributed by atoms with Crippen molar-refractivity contribution < 1.29 is 17.1 Å². The molecule has 0 aliphatic carbocycles. The SMILES string of the molecule is COCc1ccccc1[P+](Cc1ccccc1)(c1ccccc1)c1ccccc1.[Cl-]. The number of benzene rings is 4. The Morgan fingerprint density at radius 2 is 1.07 bits per heavy atom. The van der Waals surface area contributed by atoms with E-state index in [2.05, 4.69) is 115 Å². The largest absolute Gasteiger partial charge is 1.00 e. The number of hydrogen-bond acceptors (Lipinski definition) is 1. The molecule has 30 heavy (non-hydrogen) atoms. The molecule has 152 valence electrons. The summed E-state index contributed by atoms with van der Waals surface area (Å²) in [5.74, 6) is 0. The molecule has 0 atom stereocenters. The fourth-order valence-corrected chi connectivity index (χ4v) is 8.56. The van der Waals surface area contributed by atoms with E-state index in [1.807, 2.05) is 0 Å². The first-order chi connectivity index (χ1) is 14.3. The van der Waals surface area contributed by atoms with Gasteiger partial charge in [-0.3, -0.25) is 0 Å². The van der Waals surface area contributed by atoms with Crippen molar-refractivity contribution in [1.29, 1.82) is 0 Å². The van der Waals surface area contributed by atoms with E-state index in [9.17, 15) is 0 Å². The van der Waals surface area contributed by atoms with Crippen molar-refractivity contribution in [2.24, 2.45) is 0 Å². The van der Waals surface area contributed by atoms with Crippen LogP contribution in [0.1, 0.15) is 11.1 Å². The summed E-state index contributed by atoms with van der Waals surface area (Å²) in [5, 5.41) is 4.21. The zero-order valence-electron chi connectivity index (χ0n) is 17.1. The highest BCUT2D eigenvalue weighted by molar-refractivity contribution is 7.95. The summed E-state index contributed by atoms with van der Waals surface area (Å²) >= 11 is 0. The highest BCUT2D eigenvalue weighted by atomic mass is 35.5. The maximum atomic E-state index is 5.60. The van der Waals surface area contributed by atoms with Gasteiger partial charge in [-0.25, -0.2) is 0 Å². The number of methoxy groups -OCH3 is 1. The molecule has 0 spiro atoms. The van der Waals surface area contributed by atoms with Crippen LogP contribution in [0.3, 0.4) is 0 Å². The summed E-state index contributed by atoms with van der Waals surface area (Å²) in [7, 11) is -0.146. The second-order valence-corrected chi connectivity index (χ2v) is 10.6. The van der Waals surface area contributed by atoms with E-state index in [-0.39, 0.29) is 12.4 Å². The highest BCUT2D eigenvalue weighted by Crippen LogP contribution is 2.58. The topological polar surface area (TPSA) is 9.23 Å².